The van der Waals surface area contributed by atoms with E-state index in [4.69, 9.17) is 0 Å². The lowest BCUT2D eigenvalue weighted by atomic mass is 10.1. The molecular formula is C13H11N3S. The van der Waals surface area contributed by atoms with Crippen LogP contribution < -0.4 is 0 Å². The molecule has 0 spiro atoms. The topological polar surface area (TPSA) is 41.6 Å². The Morgan fingerprint density at radius 3 is 2.71 bits per heavy atom. The largest absolute Gasteiger partial charge is 0.333 e. The first-order valence-electron chi connectivity index (χ1n) is 5.38. The van der Waals surface area contributed by atoms with Crippen LogP contribution in [-0.2, 0) is 6.42 Å². The summed E-state index contributed by atoms with van der Waals surface area (Å²) in [4.78, 5) is 11.4. The van der Waals surface area contributed by atoms with Gasteiger partial charge >= 0.3 is 0 Å². The number of hydrogen-bond donors (Lipinski definition) is 2. The normalized spacial score (nSPS) is 10.9. The van der Waals surface area contributed by atoms with Gasteiger partial charge in [0.05, 0.1) is 11.0 Å². The summed E-state index contributed by atoms with van der Waals surface area (Å²) in [5.74, 6) is 0. The number of nitrogens with zero attached hydrogens (tertiary/aromatic N) is 2. The Morgan fingerprint density at radius 1 is 1.06 bits per heavy atom. The molecule has 0 saturated carbocycles. The van der Waals surface area contributed by atoms with Crippen molar-refractivity contribution < 1.29 is 0 Å². The number of aromatic nitrogens is 3. The van der Waals surface area contributed by atoms with Crippen LogP contribution in [0.5, 0.6) is 0 Å². The zero-order valence-electron chi connectivity index (χ0n) is 9.09. The molecule has 17 heavy (non-hydrogen) atoms. The third-order valence-corrected chi connectivity index (χ3v) is 2.90. The molecule has 84 valence electrons. The van der Waals surface area contributed by atoms with Crippen LogP contribution in [0.4, 0.5) is 0 Å². The van der Waals surface area contributed by atoms with E-state index < -0.39 is 0 Å². The molecule has 0 unspecified atom stereocenters. The quantitative estimate of drug-likeness (QED) is 0.677. The average molecular weight is 241 g/mol. The summed E-state index contributed by atoms with van der Waals surface area (Å²) in [6.07, 6.45) is 4.52. The summed E-state index contributed by atoms with van der Waals surface area (Å²) >= 11 is 4.20. The molecule has 0 bridgehead atoms. The Bertz CT molecular complexity index is 646. The van der Waals surface area contributed by atoms with E-state index in [-0.39, 0.29) is 0 Å². The number of benzene rings is 1. The number of aromatic amines is 1. The first-order valence-corrected chi connectivity index (χ1v) is 5.82. The SMILES string of the molecule is Sc1nc2cc(Cc3ccncc3)ccc2[nH]1. The van der Waals surface area contributed by atoms with Crippen LogP contribution >= 0.6 is 12.6 Å². The summed E-state index contributed by atoms with van der Waals surface area (Å²) in [7, 11) is 0. The van der Waals surface area contributed by atoms with Gasteiger partial charge in [-0.05, 0) is 41.8 Å². The van der Waals surface area contributed by atoms with E-state index in [9.17, 15) is 0 Å². The van der Waals surface area contributed by atoms with E-state index in [1.54, 1.807) is 0 Å². The van der Waals surface area contributed by atoms with E-state index >= 15 is 0 Å². The third-order valence-electron chi connectivity index (χ3n) is 2.69. The van der Waals surface area contributed by atoms with Crippen molar-refractivity contribution in [3.63, 3.8) is 0 Å². The van der Waals surface area contributed by atoms with Gasteiger partial charge in [-0.25, -0.2) is 4.98 Å². The van der Waals surface area contributed by atoms with Crippen LogP contribution in [0.15, 0.2) is 47.9 Å². The lowest BCUT2D eigenvalue weighted by Gasteiger charge is -2.01. The van der Waals surface area contributed by atoms with Crippen LogP contribution in [0.25, 0.3) is 11.0 Å². The number of thiol groups is 1. The van der Waals surface area contributed by atoms with Gasteiger partial charge in [-0.2, -0.15) is 0 Å². The van der Waals surface area contributed by atoms with Crippen molar-refractivity contribution in [3.05, 3.63) is 53.9 Å². The molecule has 0 aliphatic heterocycles. The molecule has 4 heteroatoms. The maximum Gasteiger partial charge on any atom is 0.163 e. The van der Waals surface area contributed by atoms with Gasteiger partial charge in [0.15, 0.2) is 5.16 Å². The van der Waals surface area contributed by atoms with Gasteiger partial charge in [-0.1, -0.05) is 6.07 Å². The zero-order chi connectivity index (χ0) is 11.7. The molecule has 0 aliphatic rings. The summed E-state index contributed by atoms with van der Waals surface area (Å²) in [5, 5.41) is 0.654. The molecule has 0 fully saturated rings. The van der Waals surface area contributed by atoms with Gasteiger partial charge in [0.25, 0.3) is 0 Å². The van der Waals surface area contributed by atoms with E-state index in [2.05, 4.69) is 39.7 Å². The summed E-state index contributed by atoms with van der Waals surface area (Å²) in [6, 6.07) is 10.3. The maximum absolute atomic E-state index is 4.31. The van der Waals surface area contributed by atoms with Gasteiger partial charge in [0.2, 0.25) is 0 Å². The van der Waals surface area contributed by atoms with Crippen molar-refractivity contribution in [3.8, 4) is 0 Å². The predicted molar refractivity (Wildman–Crippen MR) is 70.4 cm³/mol. The zero-order valence-corrected chi connectivity index (χ0v) is 9.98. The molecule has 3 aromatic rings. The summed E-state index contributed by atoms with van der Waals surface area (Å²) < 4.78 is 0. The fraction of sp³-hybridized carbons (Fsp3) is 0.0769. The highest BCUT2D eigenvalue weighted by Crippen LogP contribution is 2.17. The molecule has 3 nitrogen and oxygen atoms in total. The second-order valence-electron chi connectivity index (χ2n) is 3.94. The first-order chi connectivity index (χ1) is 8.31. The van der Waals surface area contributed by atoms with Gasteiger partial charge in [0, 0.05) is 12.4 Å². The average Bonchev–Trinajstić information content (AvgIpc) is 2.70. The van der Waals surface area contributed by atoms with Crippen LogP contribution in [0, 0.1) is 0 Å². The highest BCUT2D eigenvalue weighted by Gasteiger charge is 2.02. The molecule has 0 saturated heterocycles. The molecule has 2 heterocycles. The Hall–Kier alpha value is -1.81. The minimum Gasteiger partial charge on any atom is -0.333 e. The highest BCUT2D eigenvalue weighted by molar-refractivity contribution is 7.80. The number of pyridine rings is 1. The minimum atomic E-state index is 0.654. The van der Waals surface area contributed by atoms with Crippen molar-refractivity contribution in [1.82, 2.24) is 15.0 Å². The number of hydrogen-bond acceptors (Lipinski definition) is 3. The Kier molecular flexibility index (Phi) is 2.57. The van der Waals surface area contributed by atoms with Crippen LogP contribution in [-0.4, -0.2) is 15.0 Å². The lowest BCUT2D eigenvalue weighted by Crippen LogP contribution is -1.88. The molecule has 0 aliphatic carbocycles. The van der Waals surface area contributed by atoms with E-state index in [1.165, 1.54) is 11.1 Å². The van der Waals surface area contributed by atoms with E-state index in [1.807, 2.05) is 30.6 Å². The van der Waals surface area contributed by atoms with Gasteiger partial charge in [0.1, 0.15) is 0 Å². The number of nitrogens with one attached hydrogen (secondary N) is 1. The third kappa shape index (κ3) is 2.17. The maximum atomic E-state index is 4.31. The van der Waals surface area contributed by atoms with Crippen molar-refractivity contribution in [2.24, 2.45) is 0 Å². The van der Waals surface area contributed by atoms with Crippen LogP contribution in [0.3, 0.4) is 0 Å². The molecule has 2 aromatic heterocycles. The molecular weight excluding hydrogens is 230 g/mol. The van der Waals surface area contributed by atoms with Crippen molar-refractivity contribution in [2.75, 3.05) is 0 Å². The second-order valence-corrected chi connectivity index (χ2v) is 4.37. The van der Waals surface area contributed by atoms with Gasteiger partial charge < -0.3 is 4.98 Å². The number of H-pyrrole nitrogens is 1. The number of rotatable bonds is 2. The second kappa shape index (κ2) is 4.22. The van der Waals surface area contributed by atoms with Crippen molar-refractivity contribution >= 4 is 23.7 Å². The number of fused-ring (bicyclic) bond motifs is 1. The smallest absolute Gasteiger partial charge is 0.163 e. The Balaban J connectivity index is 1.95. The Morgan fingerprint density at radius 2 is 1.88 bits per heavy atom. The summed E-state index contributed by atoms with van der Waals surface area (Å²) in [5.41, 5.74) is 4.47. The van der Waals surface area contributed by atoms with Crippen LogP contribution in [0.1, 0.15) is 11.1 Å². The minimum absolute atomic E-state index is 0.654. The van der Waals surface area contributed by atoms with Crippen LogP contribution in [0.2, 0.25) is 0 Å². The first kappa shape index (κ1) is 10.4. The van der Waals surface area contributed by atoms with E-state index in [0.717, 1.165) is 17.5 Å². The highest BCUT2D eigenvalue weighted by atomic mass is 32.1. The van der Waals surface area contributed by atoms with E-state index in [0.29, 0.717) is 5.16 Å². The fourth-order valence-corrected chi connectivity index (χ4v) is 2.11. The summed E-state index contributed by atoms with van der Waals surface area (Å²) in [6.45, 7) is 0. The fourth-order valence-electron chi connectivity index (χ4n) is 1.88. The molecule has 3 rings (SSSR count). The monoisotopic (exact) mass is 241 g/mol. The predicted octanol–water partition coefficient (Wildman–Crippen LogP) is 2.84. The van der Waals surface area contributed by atoms with Crippen molar-refractivity contribution in [1.29, 1.82) is 0 Å². The molecule has 0 atom stereocenters. The lowest BCUT2D eigenvalue weighted by molar-refractivity contribution is 1.09. The van der Waals surface area contributed by atoms with Crippen molar-refractivity contribution in [2.45, 2.75) is 11.6 Å². The molecule has 0 amide bonds. The number of imidazole rings is 1. The Labute approximate surface area is 104 Å². The molecule has 1 N–H and O–H groups in total. The van der Waals surface area contributed by atoms with Gasteiger partial charge in [-0.15, -0.1) is 12.6 Å². The van der Waals surface area contributed by atoms with Gasteiger partial charge in [-0.3, -0.25) is 4.98 Å². The standard InChI is InChI=1S/C13H11N3S/c17-13-15-11-2-1-10(8-12(11)16-13)7-9-3-5-14-6-4-9/h1-6,8H,7H2,(H2,15,16,17). The molecule has 0 radical (unpaired) electrons. The molecule has 1 aromatic carbocycles.